The van der Waals surface area contributed by atoms with Crippen molar-refractivity contribution in [2.24, 2.45) is 0 Å². The molecule has 2 aliphatic rings. The number of nitrogens with zero attached hydrogens (tertiary/aromatic N) is 1. The van der Waals surface area contributed by atoms with Crippen molar-refractivity contribution < 1.29 is 0 Å². The van der Waals surface area contributed by atoms with Crippen molar-refractivity contribution >= 4 is 44.7 Å². The normalized spacial score (nSPS) is 15.1. The molecule has 2 aliphatic carbocycles. The van der Waals surface area contributed by atoms with Gasteiger partial charge in [0.15, 0.2) is 0 Å². The Labute approximate surface area is 216 Å². The molecule has 0 aliphatic heterocycles. The molecule has 6 aromatic rings. The maximum atomic E-state index is 2.42. The zero-order valence-corrected chi connectivity index (χ0v) is 20.4. The first-order chi connectivity index (χ1) is 18.4. The number of anilines is 3. The molecular formula is C36H25N. The van der Waals surface area contributed by atoms with Crippen molar-refractivity contribution in [2.45, 2.75) is 12.3 Å². The first-order valence-corrected chi connectivity index (χ1v) is 13.1. The highest BCUT2D eigenvalue weighted by atomic mass is 15.1. The molecule has 174 valence electrons. The van der Waals surface area contributed by atoms with Crippen molar-refractivity contribution in [1.82, 2.24) is 0 Å². The molecule has 0 unspecified atom stereocenters. The van der Waals surface area contributed by atoms with Crippen LogP contribution in [0.15, 0.2) is 127 Å². The van der Waals surface area contributed by atoms with E-state index < -0.39 is 0 Å². The molecule has 0 saturated carbocycles. The predicted octanol–water partition coefficient (Wildman–Crippen LogP) is 9.99. The third-order valence-corrected chi connectivity index (χ3v) is 8.12. The Morgan fingerprint density at radius 1 is 0.595 bits per heavy atom. The lowest BCUT2D eigenvalue weighted by Crippen LogP contribution is -2.14. The Kier molecular flexibility index (Phi) is 4.41. The molecule has 0 aromatic heterocycles. The number of hydrogen-bond acceptors (Lipinski definition) is 1. The average Bonchev–Trinajstić information content (AvgIpc) is 2.97. The van der Waals surface area contributed by atoms with Crippen LogP contribution in [0.25, 0.3) is 38.7 Å². The van der Waals surface area contributed by atoms with Gasteiger partial charge >= 0.3 is 0 Å². The molecule has 0 heterocycles. The summed E-state index contributed by atoms with van der Waals surface area (Å²) >= 11 is 0. The van der Waals surface area contributed by atoms with Gasteiger partial charge in [-0.05, 0) is 80.7 Å². The Morgan fingerprint density at radius 2 is 1.43 bits per heavy atom. The van der Waals surface area contributed by atoms with Gasteiger partial charge in [-0.1, -0.05) is 103 Å². The minimum atomic E-state index is 0.411. The molecule has 0 radical (unpaired) electrons. The Morgan fingerprint density at radius 3 is 2.35 bits per heavy atom. The molecular weight excluding hydrogens is 446 g/mol. The van der Waals surface area contributed by atoms with E-state index in [1.807, 2.05) is 0 Å². The number of benzene rings is 6. The number of para-hydroxylation sites is 1. The van der Waals surface area contributed by atoms with Gasteiger partial charge in [-0.2, -0.15) is 0 Å². The van der Waals surface area contributed by atoms with Crippen molar-refractivity contribution in [3.8, 4) is 11.1 Å². The molecule has 1 nitrogen and oxygen atoms in total. The summed E-state index contributed by atoms with van der Waals surface area (Å²) in [5.74, 6) is 0.411. The van der Waals surface area contributed by atoms with Gasteiger partial charge in [0, 0.05) is 22.7 Å². The number of rotatable bonds is 3. The highest BCUT2D eigenvalue weighted by molar-refractivity contribution is 6.10. The molecule has 0 N–H and O–H groups in total. The third-order valence-electron chi connectivity index (χ3n) is 8.12. The second-order valence-corrected chi connectivity index (χ2v) is 10.1. The van der Waals surface area contributed by atoms with E-state index in [9.17, 15) is 0 Å². The molecule has 0 amide bonds. The average molecular weight is 472 g/mol. The van der Waals surface area contributed by atoms with Gasteiger partial charge in [0.05, 0.1) is 5.69 Å². The molecule has 1 atom stereocenters. The lowest BCUT2D eigenvalue weighted by molar-refractivity contribution is 0.824. The summed E-state index contributed by atoms with van der Waals surface area (Å²) in [7, 11) is 0. The van der Waals surface area contributed by atoms with Crippen LogP contribution in [0.1, 0.15) is 29.0 Å². The summed E-state index contributed by atoms with van der Waals surface area (Å²) < 4.78 is 0. The smallest absolute Gasteiger partial charge is 0.0540 e. The Balaban J connectivity index is 1.42. The second-order valence-electron chi connectivity index (χ2n) is 10.1. The topological polar surface area (TPSA) is 3.24 Å². The Hall–Kier alpha value is -4.62. The summed E-state index contributed by atoms with van der Waals surface area (Å²) in [4.78, 5) is 2.42. The van der Waals surface area contributed by atoms with Crippen LogP contribution in [0.4, 0.5) is 17.1 Å². The lowest BCUT2D eigenvalue weighted by atomic mass is 9.72. The quantitative estimate of drug-likeness (QED) is 0.248. The van der Waals surface area contributed by atoms with Crippen LogP contribution in [0.5, 0.6) is 0 Å². The van der Waals surface area contributed by atoms with Crippen LogP contribution >= 0.6 is 0 Å². The third kappa shape index (κ3) is 3.04. The first-order valence-electron chi connectivity index (χ1n) is 13.1. The van der Waals surface area contributed by atoms with E-state index in [2.05, 4.69) is 138 Å². The highest BCUT2D eigenvalue weighted by Crippen LogP contribution is 2.52. The van der Waals surface area contributed by atoms with Crippen molar-refractivity contribution in [1.29, 1.82) is 0 Å². The van der Waals surface area contributed by atoms with Crippen LogP contribution in [-0.4, -0.2) is 0 Å². The molecule has 1 heteroatoms. The van der Waals surface area contributed by atoms with Crippen molar-refractivity contribution in [2.75, 3.05) is 4.90 Å². The van der Waals surface area contributed by atoms with Gasteiger partial charge in [-0.25, -0.2) is 0 Å². The summed E-state index contributed by atoms with van der Waals surface area (Å²) in [6.45, 7) is 0. The molecule has 6 aromatic carbocycles. The van der Waals surface area contributed by atoms with Gasteiger partial charge in [0.1, 0.15) is 0 Å². The molecule has 0 bridgehead atoms. The monoisotopic (exact) mass is 471 g/mol. The summed E-state index contributed by atoms with van der Waals surface area (Å²) in [6, 6.07) is 44.5. The van der Waals surface area contributed by atoms with Crippen LogP contribution in [0, 0.1) is 0 Å². The molecule has 8 rings (SSSR count). The summed E-state index contributed by atoms with van der Waals surface area (Å²) in [5.41, 5.74) is 10.6. The highest BCUT2D eigenvalue weighted by Gasteiger charge is 2.30. The van der Waals surface area contributed by atoms with E-state index in [4.69, 9.17) is 0 Å². The van der Waals surface area contributed by atoms with E-state index >= 15 is 0 Å². The predicted molar refractivity (Wildman–Crippen MR) is 157 cm³/mol. The minimum Gasteiger partial charge on any atom is -0.310 e. The Bertz CT molecular complexity index is 1860. The molecule has 0 fully saturated rings. The number of allylic oxidation sites excluding steroid dienone is 1. The molecule has 37 heavy (non-hydrogen) atoms. The van der Waals surface area contributed by atoms with E-state index in [1.165, 1.54) is 60.7 Å². The fourth-order valence-electron chi connectivity index (χ4n) is 6.53. The van der Waals surface area contributed by atoms with Gasteiger partial charge in [-0.3, -0.25) is 0 Å². The fourth-order valence-corrected chi connectivity index (χ4v) is 6.53. The van der Waals surface area contributed by atoms with E-state index in [0.29, 0.717) is 5.92 Å². The van der Waals surface area contributed by atoms with Crippen LogP contribution in [0.2, 0.25) is 0 Å². The van der Waals surface area contributed by atoms with Gasteiger partial charge in [-0.15, -0.1) is 0 Å². The molecule has 0 spiro atoms. The summed E-state index contributed by atoms with van der Waals surface area (Å²) in [6.07, 6.45) is 5.70. The van der Waals surface area contributed by atoms with E-state index in [0.717, 1.165) is 12.1 Å². The number of hydrogen-bond donors (Lipinski definition) is 0. The lowest BCUT2D eigenvalue weighted by Gasteiger charge is -2.34. The molecule has 0 saturated heterocycles. The van der Waals surface area contributed by atoms with Crippen LogP contribution in [-0.2, 0) is 0 Å². The zero-order chi connectivity index (χ0) is 24.3. The second kappa shape index (κ2) is 7.94. The fraction of sp³-hybridized carbons (Fsp3) is 0.0556. The van der Waals surface area contributed by atoms with Crippen molar-refractivity contribution in [3.05, 3.63) is 144 Å². The maximum absolute atomic E-state index is 2.42. The van der Waals surface area contributed by atoms with Gasteiger partial charge in [0.2, 0.25) is 0 Å². The minimum absolute atomic E-state index is 0.411. The van der Waals surface area contributed by atoms with Gasteiger partial charge in [0.25, 0.3) is 0 Å². The standard InChI is InChI=1S/C36H25N/c1-2-13-27(14-3-1)37(28-20-19-24-9-4-5-10-26(24)23-28)34-22-21-32-30-16-7-12-25-11-6-15-29(35(25)30)31-17-8-18-33(34)36(31)32/h1-14,16-23,29H,15H2/t29-/m0/s1. The van der Waals surface area contributed by atoms with E-state index in [-0.39, 0.29) is 0 Å². The van der Waals surface area contributed by atoms with E-state index in [1.54, 1.807) is 0 Å². The number of fused-ring (bicyclic) bond motifs is 3. The first kappa shape index (κ1) is 20.6. The zero-order valence-electron chi connectivity index (χ0n) is 20.4. The van der Waals surface area contributed by atoms with Crippen LogP contribution in [0.3, 0.4) is 0 Å². The maximum Gasteiger partial charge on any atom is 0.0540 e. The SMILES string of the molecule is C1=Cc2cccc3c2[C@@H](C1)c1cccc2c(N(c4ccccc4)c4ccc5ccccc5c4)ccc-3c12. The van der Waals surface area contributed by atoms with Crippen LogP contribution < -0.4 is 4.90 Å². The van der Waals surface area contributed by atoms with Crippen molar-refractivity contribution in [3.63, 3.8) is 0 Å². The van der Waals surface area contributed by atoms with Gasteiger partial charge < -0.3 is 4.90 Å². The largest absolute Gasteiger partial charge is 0.310 e. The summed E-state index contributed by atoms with van der Waals surface area (Å²) in [5, 5.41) is 5.21.